The molecule has 2 aliphatic heterocycles. The van der Waals surface area contributed by atoms with E-state index in [0.717, 1.165) is 43.5 Å². The van der Waals surface area contributed by atoms with Crippen LogP contribution in [-0.4, -0.2) is 30.4 Å². The van der Waals surface area contributed by atoms with Crippen LogP contribution >= 0.6 is 35.6 Å². The predicted octanol–water partition coefficient (Wildman–Crippen LogP) is 5.79. The van der Waals surface area contributed by atoms with E-state index in [1.54, 1.807) is 6.07 Å². The summed E-state index contributed by atoms with van der Waals surface area (Å²) >= 11 is 12.4. The minimum Gasteiger partial charge on any atom is -0.336 e. The Labute approximate surface area is 193 Å². The monoisotopic (exact) mass is 470 g/mol. The van der Waals surface area contributed by atoms with E-state index in [-0.39, 0.29) is 41.5 Å². The Morgan fingerprint density at radius 1 is 1.10 bits per heavy atom. The van der Waals surface area contributed by atoms with Gasteiger partial charge in [-0.05, 0) is 80.7 Å². The van der Waals surface area contributed by atoms with Gasteiger partial charge < -0.3 is 10.2 Å². The summed E-state index contributed by atoms with van der Waals surface area (Å²) in [7, 11) is 0. The molecule has 1 amide bonds. The topological polar surface area (TPSA) is 32.3 Å². The fraction of sp³-hybridized carbons (Fsp3) is 0.435. The van der Waals surface area contributed by atoms with Gasteiger partial charge in [0.1, 0.15) is 5.82 Å². The van der Waals surface area contributed by atoms with Gasteiger partial charge in [0.2, 0.25) is 5.91 Å². The summed E-state index contributed by atoms with van der Waals surface area (Å²) < 4.78 is 13.5. The van der Waals surface area contributed by atoms with Crippen molar-refractivity contribution in [2.75, 3.05) is 19.6 Å². The van der Waals surface area contributed by atoms with Crippen LogP contribution in [0.15, 0.2) is 42.5 Å². The zero-order valence-corrected chi connectivity index (χ0v) is 19.2. The average molecular weight is 472 g/mol. The van der Waals surface area contributed by atoms with Crippen molar-refractivity contribution in [2.45, 2.75) is 37.6 Å². The predicted molar refractivity (Wildman–Crippen MR) is 122 cm³/mol. The lowest BCUT2D eigenvalue weighted by atomic mass is 9.64. The van der Waals surface area contributed by atoms with Gasteiger partial charge in [-0.15, -0.1) is 12.4 Å². The number of benzene rings is 2. The molecule has 0 spiro atoms. The van der Waals surface area contributed by atoms with E-state index in [1.165, 1.54) is 12.1 Å². The zero-order chi connectivity index (χ0) is 20.6. The van der Waals surface area contributed by atoms with Crippen LogP contribution in [0, 0.1) is 11.7 Å². The number of nitrogens with zero attached hydrogens (tertiary/aromatic N) is 1. The van der Waals surface area contributed by atoms with Crippen molar-refractivity contribution in [3.8, 4) is 0 Å². The SMILES string of the molecule is CC(c1cc(Cl)cc(Cl)c1)N1CCC(C2(c3ccc(F)cc3)CCNCC2)C1=O.Cl. The fourth-order valence-corrected chi connectivity index (χ4v) is 5.63. The molecule has 162 valence electrons. The molecule has 7 heteroatoms. The normalized spacial score (nSPS) is 21.9. The smallest absolute Gasteiger partial charge is 0.227 e. The number of carbonyl (C=O) groups excluding carboxylic acids is 1. The molecular formula is C23H26Cl3FN2O. The second-order valence-electron chi connectivity index (χ2n) is 8.16. The number of hydrogen-bond acceptors (Lipinski definition) is 2. The lowest BCUT2D eigenvalue weighted by Crippen LogP contribution is -2.48. The number of hydrogen-bond donors (Lipinski definition) is 1. The van der Waals surface area contributed by atoms with Crippen molar-refractivity contribution in [2.24, 2.45) is 5.92 Å². The molecule has 0 aromatic heterocycles. The number of amides is 1. The molecule has 0 bridgehead atoms. The van der Waals surface area contributed by atoms with Gasteiger partial charge in [-0.2, -0.15) is 0 Å². The highest BCUT2D eigenvalue weighted by atomic mass is 35.5. The summed E-state index contributed by atoms with van der Waals surface area (Å²) in [4.78, 5) is 15.5. The van der Waals surface area contributed by atoms with Crippen LogP contribution in [-0.2, 0) is 10.2 Å². The van der Waals surface area contributed by atoms with Gasteiger partial charge in [0.05, 0.1) is 6.04 Å². The third kappa shape index (κ3) is 4.34. The third-order valence-electron chi connectivity index (χ3n) is 6.66. The van der Waals surface area contributed by atoms with Crippen molar-refractivity contribution in [1.82, 2.24) is 10.2 Å². The Bertz CT molecular complexity index is 880. The first kappa shape index (κ1) is 23.3. The molecule has 2 heterocycles. The quantitative estimate of drug-likeness (QED) is 0.612. The van der Waals surface area contributed by atoms with Crippen LogP contribution in [0.3, 0.4) is 0 Å². The summed E-state index contributed by atoms with van der Waals surface area (Å²) in [5.74, 6) is -0.185. The van der Waals surface area contributed by atoms with E-state index in [0.29, 0.717) is 16.6 Å². The Hall–Kier alpha value is -1.33. The average Bonchev–Trinajstić information content (AvgIpc) is 3.09. The fourth-order valence-electron chi connectivity index (χ4n) is 5.09. The van der Waals surface area contributed by atoms with Crippen LogP contribution in [0.1, 0.15) is 43.4 Å². The lowest BCUT2D eigenvalue weighted by molar-refractivity contribution is -0.135. The molecule has 1 N–H and O–H groups in total. The summed E-state index contributed by atoms with van der Waals surface area (Å²) in [5.41, 5.74) is 1.76. The number of likely N-dealkylation sites (tertiary alicyclic amines) is 1. The number of carbonyl (C=O) groups is 1. The molecule has 2 saturated heterocycles. The number of nitrogens with one attached hydrogen (secondary N) is 1. The molecule has 2 aliphatic rings. The Kier molecular flexibility index (Phi) is 7.34. The van der Waals surface area contributed by atoms with Crippen LogP contribution in [0.5, 0.6) is 0 Å². The molecule has 2 aromatic rings. The van der Waals surface area contributed by atoms with Crippen LogP contribution in [0.2, 0.25) is 10.0 Å². The minimum atomic E-state index is -0.253. The zero-order valence-electron chi connectivity index (χ0n) is 16.8. The summed E-state index contributed by atoms with van der Waals surface area (Å²) in [6.45, 7) is 4.45. The van der Waals surface area contributed by atoms with Gasteiger partial charge in [-0.1, -0.05) is 35.3 Å². The minimum absolute atomic E-state index is 0. The van der Waals surface area contributed by atoms with Gasteiger partial charge in [-0.3, -0.25) is 4.79 Å². The van der Waals surface area contributed by atoms with Crippen molar-refractivity contribution in [1.29, 1.82) is 0 Å². The first-order valence-electron chi connectivity index (χ1n) is 10.1. The first-order chi connectivity index (χ1) is 13.9. The van der Waals surface area contributed by atoms with Crippen molar-refractivity contribution in [3.05, 3.63) is 69.5 Å². The maximum absolute atomic E-state index is 13.6. The van der Waals surface area contributed by atoms with E-state index in [1.807, 2.05) is 36.1 Å². The van der Waals surface area contributed by atoms with Crippen LogP contribution in [0.4, 0.5) is 4.39 Å². The molecule has 2 unspecified atom stereocenters. The third-order valence-corrected chi connectivity index (χ3v) is 7.09. The molecule has 2 aromatic carbocycles. The van der Waals surface area contributed by atoms with Gasteiger partial charge in [0.15, 0.2) is 0 Å². The number of halogens is 4. The molecule has 0 aliphatic carbocycles. The molecule has 0 radical (unpaired) electrons. The second kappa shape index (κ2) is 9.44. The highest BCUT2D eigenvalue weighted by Gasteiger charge is 2.49. The van der Waals surface area contributed by atoms with E-state index in [9.17, 15) is 9.18 Å². The highest BCUT2D eigenvalue weighted by Crippen LogP contribution is 2.46. The van der Waals surface area contributed by atoms with Crippen LogP contribution < -0.4 is 5.32 Å². The van der Waals surface area contributed by atoms with Gasteiger partial charge in [0.25, 0.3) is 0 Å². The molecule has 30 heavy (non-hydrogen) atoms. The summed E-state index contributed by atoms with van der Waals surface area (Å²) in [5, 5.41) is 4.55. The molecule has 4 rings (SSSR count). The largest absolute Gasteiger partial charge is 0.336 e. The Morgan fingerprint density at radius 2 is 1.70 bits per heavy atom. The second-order valence-corrected chi connectivity index (χ2v) is 9.04. The van der Waals surface area contributed by atoms with Gasteiger partial charge in [-0.25, -0.2) is 4.39 Å². The maximum Gasteiger partial charge on any atom is 0.227 e. The van der Waals surface area contributed by atoms with E-state index in [2.05, 4.69) is 5.32 Å². The molecule has 2 fully saturated rings. The molecule has 2 atom stereocenters. The first-order valence-corrected chi connectivity index (χ1v) is 10.9. The van der Waals surface area contributed by atoms with Gasteiger partial charge >= 0.3 is 0 Å². The van der Waals surface area contributed by atoms with E-state index >= 15 is 0 Å². The van der Waals surface area contributed by atoms with Gasteiger partial charge in [0, 0.05) is 27.9 Å². The van der Waals surface area contributed by atoms with E-state index < -0.39 is 0 Å². The highest BCUT2D eigenvalue weighted by molar-refractivity contribution is 6.34. The van der Waals surface area contributed by atoms with Crippen molar-refractivity contribution < 1.29 is 9.18 Å². The van der Waals surface area contributed by atoms with E-state index in [4.69, 9.17) is 23.2 Å². The van der Waals surface area contributed by atoms with Crippen LogP contribution in [0.25, 0.3) is 0 Å². The molecule has 0 saturated carbocycles. The summed E-state index contributed by atoms with van der Waals surface area (Å²) in [6, 6.07) is 12.1. The maximum atomic E-state index is 13.6. The molecule has 3 nitrogen and oxygen atoms in total. The van der Waals surface area contributed by atoms with Crippen molar-refractivity contribution in [3.63, 3.8) is 0 Å². The number of rotatable bonds is 4. The Balaban J connectivity index is 0.00000256. The number of piperidine rings is 1. The lowest BCUT2D eigenvalue weighted by Gasteiger charge is -2.42. The Morgan fingerprint density at radius 3 is 2.30 bits per heavy atom. The van der Waals surface area contributed by atoms with Crippen molar-refractivity contribution >= 4 is 41.5 Å². The molecular weight excluding hydrogens is 446 g/mol. The summed E-state index contributed by atoms with van der Waals surface area (Å²) in [6.07, 6.45) is 2.55. The standard InChI is InChI=1S/C23H25Cl2FN2O.ClH/c1-15(16-12-18(24)14-19(25)13-16)28-11-6-21(22(28)29)23(7-9-27-10-8-23)17-2-4-20(26)5-3-17;/h2-5,12-15,21,27H,6-11H2,1H3;1H.